The maximum Gasteiger partial charge on any atom is 0.348 e. The zero-order valence-electron chi connectivity index (χ0n) is 15.4. The van der Waals surface area contributed by atoms with Gasteiger partial charge < -0.3 is 0 Å². The Morgan fingerprint density at radius 2 is 1.64 bits per heavy atom. The summed E-state index contributed by atoms with van der Waals surface area (Å²) in [5, 5.41) is 0. The van der Waals surface area contributed by atoms with Gasteiger partial charge in [-0.05, 0) is 51.9 Å². The zero-order chi connectivity index (χ0) is 16.6. The second-order valence-corrected chi connectivity index (χ2v) is 7.48. The van der Waals surface area contributed by atoms with Gasteiger partial charge in [0.15, 0.2) is 0 Å². The molecule has 0 radical (unpaired) electrons. The molecule has 0 bridgehead atoms. The Balaban J connectivity index is 2.61. The van der Waals surface area contributed by atoms with Crippen molar-refractivity contribution in [2.24, 2.45) is 11.3 Å². The van der Waals surface area contributed by atoms with Crippen LogP contribution in [0.25, 0.3) is 0 Å². The molecule has 22 heavy (non-hydrogen) atoms. The van der Waals surface area contributed by atoms with Crippen molar-refractivity contribution >= 4 is 5.97 Å². The lowest BCUT2D eigenvalue weighted by molar-refractivity contribution is -0.344. The average Bonchev–Trinajstić information content (AvgIpc) is 2.55. The fraction of sp³-hybridized carbons (Fsp3) is 0.947. The van der Waals surface area contributed by atoms with Gasteiger partial charge in [-0.25, -0.2) is 4.79 Å². The van der Waals surface area contributed by atoms with E-state index in [0.717, 1.165) is 32.1 Å². The lowest BCUT2D eigenvalue weighted by atomic mass is 9.78. The third kappa shape index (κ3) is 4.97. The Morgan fingerprint density at radius 3 is 2.14 bits per heavy atom. The lowest BCUT2D eigenvalue weighted by Crippen LogP contribution is -2.39. The molecule has 1 aliphatic carbocycles. The molecule has 3 nitrogen and oxygen atoms in total. The number of carbonyl (C=O) groups excluding carboxylic acids is 1. The Hall–Kier alpha value is -0.570. The maximum absolute atomic E-state index is 12.6. The maximum atomic E-state index is 12.6. The van der Waals surface area contributed by atoms with Gasteiger partial charge in [0.2, 0.25) is 0 Å². The molecule has 0 saturated heterocycles. The Morgan fingerprint density at radius 1 is 1.05 bits per heavy atom. The van der Waals surface area contributed by atoms with Gasteiger partial charge in [-0.3, -0.25) is 4.89 Å². The van der Waals surface area contributed by atoms with Gasteiger partial charge in [-0.2, -0.15) is 4.89 Å². The molecule has 0 unspecified atom stereocenters. The number of hydrogen-bond acceptors (Lipinski definition) is 3. The summed E-state index contributed by atoms with van der Waals surface area (Å²) in [5.74, 6) is 0.317. The average molecular weight is 312 g/mol. The van der Waals surface area contributed by atoms with E-state index in [1.165, 1.54) is 32.1 Å². The molecule has 1 saturated carbocycles. The number of carbonyl (C=O) groups is 1. The molecule has 0 aromatic carbocycles. The van der Waals surface area contributed by atoms with Gasteiger partial charge in [0, 0.05) is 0 Å². The summed E-state index contributed by atoms with van der Waals surface area (Å²) >= 11 is 0. The van der Waals surface area contributed by atoms with Crippen LogP contribution < -0.4 is 0 Å². The molecule has 130 valence electrons. The number of hydrogen-bond donors (Lipinski definition) is 0. The molecule has 0 N–H and O–H groups in total. The number of unbranched alkanes of at least 4 members (excludes halogenated alkanes) is 1. The topological polar surface area (TPSA) is 35.5 Å². The van der Waals surface area contributed by atoms with Crippen LogP contribution in [0.5, 0.6) is 0 Å². The van der Waals surface area contributed by atoms with E-state index >= 15 is 0 Å². The van der Waals surface area contributed by atoms with Crippen LogP contribution in [0, 0.1) is 11.3 Å². The van der Waals surface area contributed by atoms with Crippen LogP contribution in [0.1, 0.15) is 98.8 Å². The van der Waals surface area contributed by atoms with E-state index in [9.17, 15) is 4.79 Å². The van der Waals surface area contributed by atoms with Crippen molar-refractivity contribution in [1.29, 1.82) is 0 Å². The van der Waals surface area contributed by atoms with Crippen molar-refractivity contribution in [1.82, 2.24) is 0 Å². The standard InChI is InChI=1S/C19H36O3/c1-6-9-15-19(7-2,8-3)17(20)21-22-18(4,5)16-13-11-10-12-14-16/h16H,6-15H2,1-5H3. The second-order valence-electron chi connectivity index (χ2n) is 7.48. The van der Waals surface area contributed by atoms with Crippen molar-refractivity contribution in [3.05, 3.63) is 0 Å². The zero-order valence-corrected chi connectivity index (χ0v) is 15.4. The molecule has 0 aromatic heterocycles. The third-order valence-electron chi connectivity index (χ3n) is 5.72. The Labute approximate surface area is 137 Å². The molecule has 1 rings (SSSR count). The highest BCUT2D eigenvalue weighted by atomic mass is 17.2. The molecule has 0 amide bonds. The molecule has 3 heteroatoms. The van der Waals surface area contributed by atoms with E-state index in [4.69, 9.17) is 9.78 Å². The molecule has 0 atom stereocenters. The van der Waals surface area contributed by atoms with Crippen LogP contribution >= 0.6 is 0 Å². The first-order valence-electron chi connectivity index (χ1n) is 9.32. The highest BCUT2D eigenvalue weighted by Gasteiger charge is 2.39. The molecule has 0 heterocycles. The molecule has 0 aromatic rings. The SMILES string of the molecule is CCCCC(CC)(CC)C(=O)OOC(C)(C)C1CCCCC1. The van der Waals surface area contributed by atoms with E-state index in [1.54, 1.807) is 0 Å². The Bertz CT molecular complexity index is 326. The smallest absolute Gasteiger partial charge is 0.297 e. The van der Waals surface area contributed by atoms with Gasteiger partial charge >= 0.3 is 5.97 Å². The second kappa shape index (κ2) is 8.90. The minimum Gasteiger partial charge on any atom is -0.297 e. The van der Waals surface area contributed by atoms with Gasteiger partial charge in [0.25, 0.3) is 0 Å². The van der Waals surface area contributed by atoms with E-state index in [-0.39, 0.29) is 17.0 Å². The molecule has 0 spiro atoms. The summed E-state index contributed by atoms with van der Waals surface area (Å²) in [6.45, 7) is 10.4. The highest BCUT2D eigenvalue weighted by Crippen LogP contribution is 2.37. The van der Waals surface area contributed by atoms with Crippen molar-refractivity contribution in [3.8, 4) is 0 Å². The first kappa shape index (κ1) is 19.5. The van der Waals surface area contributed by atoms with Gasteiger partial charge in [-0.1, -0.05) is 52.9 Å². The quantitative estimate of drug-likeness (QED) is 0.397. The van der Waals surface area contributed by atoms with E-state index in [1.807, 2.05) is 0 Å². The summed E-state index contributed by atoms with van der Waals surface area (Å²) in [6, 6.07) is 0. The number of rotatable bonds is 9. The van der Waals surface area contributed by atoms with Gasteiger partial charge in [0.05, 0.1) is 5.41 Å². The van der Waals surface area contributed by atoms with Gasteiger partial charge in [0.1, 0.15) is 5.60 Å². The van der Waals surface area contributed by atoms with Crippen LogP contribution in [-0.2, 0) is 14.6 Å². The fourth-order valence-corrected chi connectivity index (χ4v) is 3.61. The van der Waals surface area contributed by atoms with Crippen LogP contribution in [0.4, 0.5) is 0 Å². The summed E-state index contributed by atoms with van der Waals surface area (Å²) in [6.07, 6.45) is 10.9. The first-order valence-corrected chi connectivity index (χ1v) is 9.32. The van der Waals surface area contributed by atoms with E-state index in [2.05, 4.69) is 34.6 Å². The normalized spacial score (nSPS) is 17.5. The van der Waals surface area contributed by atoms with Crippen molar-refractivity contribution in [2.75, 3.05) is 0 Å². The lowest BCUT2D eigenvalue weighted by Gasteiger charge is -2.36. The monoisotopic (exact) mass is 312 g/mol. The molecule has 1 aliphatic rings. The van der Waals surface area contributed by atoms with Crippen molar-refractivity contribution in [3.63, 3.8) is 0 Å². The first-order chi connectivity index (χ1) is 10.4. The molecular formula is C19H36O3. The predicted octanol–water partition coefficient (Wildman–Crippen LogP) is 5.82. The predicted molar refractivity (Wildman–Crippen MR) is 90.4 cm³/mol. The minimum absolute atomic E-state index is 0.171. The fourth-order valence-electron chi connectivity index (χ4n) is 3.61. The van der Waals surface area contributed by atoms with Crippen molar-refractivity contribution in [2.45, 2.75) is 104 Å². The van der Waals surface area contributed by atoms with Crippen molar-refractivity contribution < 1.29 is 14.6 Å². The summed E-state index contributed by atoms with van der Waals surface area (Å²) in [5.41, 5.74) is -0.757. The van der Waals surface area contributed by atoms with Crippen LogP contribution in [0.2, 0.25) is 0 Å². The van der Waals surface area contributed by atoms with Crippen LogP contribution in [0.15, 0.2) is 0 Å². The largest absolute Gasteiger partial charge is 0.348 e. The van der Waals surface area contributed by atoms with E-state index < -0.39 is 0 Å². The van der Waals surface area contributed by atoms with Gasteiger partial charge in [-0.15, -0.1) is 0 Å². The summed E-state index contributed by atoms with van der Waals surface area (Å²) in [4.78, 5) is 23.7. The van der Waals surface area contributed by atoms with Crippen LogP contribution in [0.3, 0.4) is 0 Å². The Kier molecular flexibility index (Phi) is 7.88. The molecule has 0 aliphatic heterocycles. The highest BCUT2D eigenvalue weighted by molar-refractivity contribution is 5.76. The summed E-state index contributed by atoms with van der Waals surface area (Å²) in [7, 11) is 0. The minimum atomic E-state index is -0.381. The summed E-state index contributed by atoms with van der Waals surface area (Å²) < 4.78 is 0. The molecule has 1 fully saturated rings. The van der Waals surface area contributed by atoms with Crippen LogP contribution in [-0.4, -0.2) is 11.6 Å². The van der Waals surface area contributed by atoms with E-state index in [0.29, 0.717) is 5.92 Å². The molecular weight excluding hydrogens is 276 g/mol. The third-order valence-corrected chi connectivity index (χ3v) is 5.72.